The molecule has 0 aliphatic carbocycles. The molecule has 0 fully saturated rings. The van der Waals surface area contributed by atoms with Gasteiger partial charge in [0, 0.05) is 54.8 Å². The summed E-state index contributed by atoms with van der Waals surface area (Å²) in [6.07, 6.45) is 0. The monoisotopic (exact) mass is 753 g/mol. The van der Waals surface area contributed by atoms with Gasteiger partial charge in [0.05, 0.1) is 44.7 Å². The molecular weight excluding hydrogens is 723 g/mol. The van der Waals surface area contributed by atoms with Crippen molar-refractivity contribution in [1.29, 1.82) is 5.26 Å². The van der Waals surface area contributed by atoms with Crippen LogP contribution in [0.25, 0.3) is 106 Å². The third-order valence-electron chi connectivity index (χ3n) is 11.6. The van der Waals surface area contributed by atoms with Gasteiger partial charge in [-0.3, -0.25) is 4.57 Å². The van der Waals surface area contributed by atoms with E-state index in [4.69, 9.17) is 15.0 Å². The number of para-hydroxylation sites is 4. The summed E-state index contributed by atoms with van der Waals surface area (Å²) in [7, 11) is 0. The molecular formula is C52H31N7. The number of rotatable bonds is 5. The van der Waals surface area contributed by atoms with Crippen molar-refractivity contribution in [3.05, 3.63) is 194 Å². The molecule has 0 aliphatic heterocycles. The van der Waals surface area contributed by atoms with Crippen LogP contribution in [0.15, 0.2) is 188 Å². The summed E-state index contributed by atoms with van der Waals surface area (Å²) >= 11 is 0. The van der Waals surface area contributed by atoms with Crippen molar-refractivity contribution in [1.82, 2.24) is 28.7 Å². The maximum Gasteiger partial charge on any atom is 0.238 e. The third kappa shape index (κ3) is 4.97. The highest BCUT2D eigenvalue weighted by atomic mass is 15.2. The fourth-order valence-electron chi connectivity index (χ4n) is 8.97. The fourth-order valence-corrected chi connectivity index (χ4v) is 8.97. The smallest absolute Gasteiger partial charge is 0.238 e. The van der Waals surface area contributed by atoms with Gasteiger partial charge in [0.25, 0.3) is 0 Å². The first-order chi connectivity index (χ1) is 29.2. The van der Waals surface area contributed by atoms with Crippen molar-refractivity contribution in [2.75, 3.05) is 0 Å². The van der Waals surface area contributed by atoms with Crippen molar-refractivity contribution in [2.45, 2.75) is 0 Å². The van der Waals surface area contributed by atoms with Gasteiger partial charge in [0.2, 0.25) is 5.95 Å². The van der Waals surface area contributed by atoms with Crippen molar-refractivity contribution in [3.63, 3.8) is 0 Å². The second-order valence-electron chi connectivity index (χ2n) is 14.8. The molecule has 0 atom stereocenters. The molecule has 4 aromatic heterocycles. The van der Waals surface area contributed by atoms with Crippen LogP contribution in [0.5, 0.6) is 0 Å². The minimum absolute atomic E-state index is 0.435. The molecule has 274 valence electrons. The lowest BCUT2D eigenvalue weighted by Crippen LogP contribution is -2.07. The number of benzene rings is 8. The molecule has 8 aromatic carbocycles. The summed E-state index contributed by atoms with van der Waals surface area (Å²) in [6, 6.07) is 67.5. The average Bonchev–Trinajstić information content (AvgIpc) is 3.94. The first kappa shape index (κ1) is 32.9. The Kier molecular flexibility index (Phi) is 7.16. The zero-order valence-corrected chi connectivity index (χ0v) is 31.5. The fraction of sp³-hybridized carbons (Fsp3) is 0. The van der Waals surface area contributed by atoms with Crippen LogP contribution < -0.4 is 0 Å². The first-order valence-corrected chi connectivity index (χ1v) is 19.6. The molecule has 0 bridgehead atoms. The summed E-state index contributed by atoms with van der Waals surface area (Å²) in [5, 5.41) is 17.1. The van der Waals surface area contributed by atoms with Gasteiger partial charge in [0.1, 0.15) is 0 Å². The Morgan fingerprint density at radius 2 is 0.780 bits per heavy atom. The Morgan fingerprint density at radius 3 is 1.29 bits per heavy atom. The molecule has 0 aliphatic rings. The zero-order chi connectivity index (χ0) is 39.0. The van der Waals surface area contributed by atoms with Crippen LogP contribution in [0.1, 0.15) is 5.56 Å². The highest BCUT2D eigenvalue weighted by Crippen LogP contribution is 2.39. The van der Waals surface area contributed by atoms with Crippen LogP contribution in [0.2, 0.25) is 0 Å². The van der Waals surface area contributed by atoms with Crippen molar-refractivity contribution in [3.8, 4) is 46.2 Å². The van der Waals surface area contributed by atoms with E-state index < -0.39 is 0 Å². The minimum Gasteiger partial charge on any atom is -0.309 e. The van der Waals surface area contributed by atoms with E-state index in [0.717, 1.165) is 60.8 Å². The highest BCUT2D eigenvalue weighted by molar-refractivity contribution is 6.14. The van der Waals surface area contributed by atoms with E-state index in [2.05, 4.69) is 153 Å². The quantitative estimate of drug-likeness (QED) is 0.175. The molecule has 7 heteroatoms. The molecule has 0 saturated carbocycles. The first-order valence-electron chi connectivity index (χ1n) is 19.6. The Hall–Kier alpha value is -8.34. The standard InChI is InChI=1S/C52H31N7/c53-32-34-16-4-5-17-37(34)51-54-50(33-14-2-1-3-15-33)55-52(56-51)59-48-28-26-35(57-44-22-10-6-18-38(44)39-19-7-11-23-45(39)57)30-42(48)43-31-36(27-29-49(43)59)58-46-24-12-8-20-40(46)41-21-9-13-25-47(41)58/h1-31H. The van der Waals surface area contributed by atoms with Gasteiger partial charge in [0.15, 0.2) is 11.6 Å². The lowest BCUT2D eigenvalue weighted by Gasteiger charge is -2.12. The summed E-state index contributed by atoms with van der Waals surface area (Å²) in [5.41, 5.74) is 10.6. The molecule has 7 nitrogen and oxygen atoms in total. The lowest BCUT2D eigenvalue weighted by molar-refractivity contribution is 0.952. The van der Waals surface area contributed by atoms with Gasteiger partial charge in [-0.2, -0.15) is 15.2 Å². The van der Waals surface area contributed by atoms with Gasteiger partial charge in [-0.25, -0.2) is 4.98 Å². The normalized spacial score (nSPS) is 11.7. The Bertz CT molecular complexity index is 3420. The Balaban J connectivity index is 1.18. The predicted octanol–water partition coefficient (Wildman–Crippen LogP) is 12.4. The van der Waals surface area contributed by atoms with Crippen LogP contribution in [-0.2, 0) is 0 Å². The van der Waals surface area contributed by atoms with Crippen LogP contribution >= 0.6 is 0 Å². The summed E-state index contributed by atoms with van der Waals surface area (Å²) in [5.74, 6) is 1.43. The van der Waals surface area contributed by atoms with E-state index in [1.807, 2.05) is 48.5 Å². The molecule has 12 aromatic rings. The number of hydrogen-bond acceptors (Lipinski definition) is 4. The van der Waals surface area contributed by atoms with E-state index in [1.165, 1.54) is 21.5 Å². The molecule has 12 rings (SSSR count). The number of hydrogen-bond donors (Lipinski definition) is 0. The molecule has 0 saturated heterocycles. The predicted molar refractivity (Wildman–Crippen MR) is 238 cm³/mol. The van der Waals surface area contributed by atoms with Crippen LogP contribution in [0.3, 0.4) is 0 Å². The summed E-state index contributed by atoms with van der Waals surface area (Å²) in [4.78, 5) is 15.3. The molecule has 0 amide bonds. The van der Waals surface area contributed by atoms with Crippen LogP contribution in [-0.4, -0.2) is 28.7 Å². The van der Waals surface area contributed by atoms with E-state index in [9.17, 15) is 5.26 Å². The van der Waals surface area contributed by atoms with E-state index in [1.54, 1.807) is 6.07 Å². The third-order valence-corrected chi connectivity index (χ3v) is 11.6. The minimum atomic E-state index is 0.435. The molecule has 4 heterocycles. The van der Waals surface area contributed by atoms with Crippen LogP contribution in [0.4, 0.5) is 0 Å². The average molecular weight is 754 g/mol. The second-order valence-corrected chi connectivity index (χ2v) is 14.8. The van der Waals surface area contributed by atoms with Gasteiger partial charge in [-0.05, 0) is 72.8 Å². The Labute approximate surface area is 337 Å². The van der Waals surface area contributed by atoms with Crippen LogP contribution in [0, 0.1) is 11.3 Å². The molecule has 0 unspecified atom stereocenters. The lowest BCUT2D eigenvalue weighted by atomic mass is 10.1. The van der Waals surface area contributed by atoms with Crippen molar-refractivity contribution < 1.29 is 0 Å². The Morgan fingerprint density at radius 1 is 0.356 bits per heavy atom. The van der Waals surface area contributed by atoms with Gasteiger partial charge in [-0.15, -0.1) is 0 Å². The van der Waals surface area contributed by atoms with Gasteiger partial charge in [-0.1, -0.05) is 115 Å². The maximum absolute atomic E-state index is 10.1. The van der Waals surface area contributed by atoms with E-state index in [-0.39, 0.29) is 0 Å². The maximum atomic E-state index is 10.1. The SMILES string of the molecule is N#Cc1ccccc1-c1nc(-c2ccccc2)nc(-n2c3ccc(-n4c5ccccc5c5ccccc54)cc3c3cc(-n4c5ccccc5c5ccccc54)ccc32)n1. The largest absolute Gasteiger partial charge is 0.309 e. The molecule has 0 spiro atoms. The topological polar surface area (TPSA) is 77.2 Å². The van der Waals surface area contributed by atoms with Crippen molar-refractivity contribution in [2.24, 2.45) is 0 Å². The number of fused-ring (bicyclic) bond motifs is 9. The van der Waals surface area contributed by atoms with E-state index in [0.29, 0.717) is 28.7 Å². The highest BCUT2D eigenvalue weighted by Gasteiger charge is 2.22. The number of nitrogens with zero attached hydrogens (tertiary/aromatic N) is 7. The van der Waals surface area contributed by atoms with Gasteiger partial charge >= 0.3 is 0 Å². The number of aromatic nitrogens is 6. The van der Waals surface area contributed by atoms with Crippen molar-refractivity contribution >= 4 is 65.4 Å². The second kappa shape index (κ2) is 12.8. The van der Waals surface area contributed by atoms with Gasteiger partial charge < -0.3 is 9.13 Å². The van der Waals surface area contributed by atoms with E-state index >= 15 is 0 Å². The number of nitriles is 1. The molecule has 0 N–H and O–H groups in total. The molecule has 59 heavy (non-hydrogen) atoms. The zero-order valence-electron chi connectivity index (χ0n) is 31.5. The summed E-state index contributed by atoms with van der Waals surface area (Å²) in [6.45, 7) is 0. The molecule has 0 radical (unpaired) electrons. The summed E-state index contributed by atoms with van der Waals surface area (Å²) < 4.78 is 6.86.